The Kier molecular flexibility index (Phi) is 40.2. The molecule has 0 aliphatic heterocycles. The molecule has 0 aliphatic rings. The molecule has 9 heavy (non-hydrogen) atoms. The van der Waals surface area contributed by atoms with Gasteiger partial charge in [-0.2, -0.15) is 0 Å². The van der Waals surface area contributed by atoms with Gasteiger partial charge in [0.2, 0.25) is 0 Å². The van der Waals surface area contributed by atoms with E-state index in [2.05, 4.69) is 0 Å². The van der Waals surface area contributed by atoms with Crippen LogP contribution in [0.3, 0.4) is 0 Å². The van der Waals surface area contributed by atoms with Crippen LogP contribution in [-0.4, -0.2) is 16.5 Å². The van der Waals surface area contributed by atoms with Crippen molar-refractivity contribution in [1.29, 1.82) is 0 Å². The van der Waals surface area contributed by atoms with Crippen LogP contribution in [0.15, 0.2) is 0 Å². The Morgan fingerprint density at radius 3 is 1.56 bits per heavy atom. The van der Waals surface area contributed by atoms with Crippen molar-refractivity contribution in [2.75, 3.05) is 0 Å². The van der Waals surface area contributed by atoms with Crippen molar-refractivity contribution < 1.29 is 56.7 Å². The van der Waals surface area contributed by atoms with Gasteiger partial charge in [-0.25, -0.2) is 0 Å². The molecule has 0 saturated heterocycles. The molecule has 0 fully saturated rings. The first-order valence-corrected chi connectivity index (χ1v) is 2.13. The van der Waals surface area contributed by atoms with Crippen molar-refractivity contribution in [3.8, 4) is 0 Å². The first-order chi connectivity index (χ1) is 2.77. The third-order valence-electron chi connectivity index (χ3n) is 0.547. The zero-order valence-electron chi connectivity index (χ0n) is 5.14. The van der Waals surface area contributed by atoms with E-state index in [-0.39, 0.29) is 46.5 Å². The van der Waals surface area contributed by atoms with Gasteiger partial charge < -0.3 is 35.0 Å². The van der Waals surface area contributed by atoms with Gasteiger partial charge in [-0.15, -0.1) is 0 Å². The molecule has 56 valence electrons. The predicted octanol–water partition coefficient (Wildman–Crippen LogP) is -5.90. The molecule has 0 radical (unpaired) electrons. The van der Waals surface area contributed by atoms with Crippen molar-refractivity contribution in [1.82, 2.24) is 0 Å². The monoisotopic (exact) mass is 208 g/mol. The minimum atomic E-state index is -1.10. The molecule has 0 aromatic carbocycles. The third-order valence-corrected chi connectivity index (χ3v) is 0.547. The van der Waals surface area contributed by atoms with Gasteiger partial charge in [-0.3, -0.25) is 0 Å². The number of aliphatic hydroxyl groups excluding tert-OH is 1. The Hall–Kier alpha value is 1.21. The summed E-state index contributed by atoms with van der Waals surface area (Å²) >= 11 is 0. The van der Waals surface area contributed by atoms with Gasteiger partial charge in [0.15, 0.2) is 6.29 Å². The van der Waals surface area contributed by atoms with Gasteiger partial charge in [-0.05, 0) is 6.42 Å². The molecule has 0 aromatic heterocycles. The Bertz CT molecular complexity index is 37.7. The minimum absolute atomic E-state index is 0. The Morgan fingerprint density at radius 2 is 1.56 bits per heavy atom. The maximum Gasteiger partial charge on any atom is 2.00 e. The fourth-order valence-corrected chi connectivity index (χ4v) is 0.258. The van der Waals surface area contributed by atoms with Crippen LogP contribution in [0.25, 0.3) is 0 Å². The zero-order chi connectivity index (χ0) is 4.99. The van der Waals surface area contributed by atoms with Crippen LogP contribution in [0, 0.1) is 0 Å². The summed E-state index contributed by atoms with van der Waals surface area (Å²) < 4.78 is 0. The molecule has 0 aliphatic carbocycles. The summed E-state index contributed by atoms with van der Waals surface area (Å²) in [6.07, 6.45) is 0.215. The molecule has 0 rings (SSSR count). The number of hydrogen-bond acceptors (Lipinski definition) is 2. The van der Waals surface area contributed by atoms with Crippen LogP contribution >= 0.6 is 0 Å². The van der Waals surface area contributed by atoms with Gasteiger partial charge in [0.25, 0.3) is 0 Å². The quantitative estimate of drug-likeness (QED) is 0.351. The normalized spacial score (nSPS) is 6.67. The van der Waals surface area contributed by atoms with Gasteiger partial charge >= 0.3 is 21.7 Å². The van der Waals surface area contributed by atoms with Gasteiger partial charge in [0.05, 0.1) is 0 Å². The van der Waals surface area contributed by atoms with Crippen LogP contribution in [0.5, 0.6) is 0 Å². The van der Waals surface area contributed by atoms with Crippen molar-refractivity contribution in [2.45, 2.75) is 26.1 Å². The first kappa shape index (κ1) is 22.5. The van der Waals surface area contributed by atoms with E-state index in [0.717, 1.165) is 6.42 Å². The molecule has 0 amide bonds. The maximum atomic E-state index is 8.11. The minimum Gasteiger partial charge on any atom is -1.00 e. The predicted molar refractivity (Wildman–Crippen MR) is 23.1 cm³/mol. The average Bonchev–Trinajstić information content (AvgIpc) is 1.35. The first-order valence-electron chi connectivity index (χ1n) is 2.13. The fraction of sp³-hybridized carbons (Fsp3) is 1.00. The summed E-state index contributed by atoms with van der Waals surface area (Å²) in [6, 6.07) is 0. The summed E-state index contributed by atoms with van der Waals surface area (Å²) in [4.78, 5) is 0. The topological polar surface area (TPSA) is 40.5 Å². The van der Waals surface area contributed by atoms with Gasteiger partial charge in [0.1, 0.15) is 0 Å². The molecule has 2 N–H and O–H groups in total. The smallest absolute Gasteiger partial charge is 1.00 e. The summed E-state index contributed by atoms with van der Waals surface area (Å²) in [5, 5.41) is 16.2. The van der Waals surface area contributed by atoms with E-state index in [1.54, 1.807) is 0 Å². The van der Waals surface area contributed by atoms with E-state index in [4.69, 9.17) is 10.2 Å². The molecule has 0 aromatic rings. The van der Waals surface area contributed by atoms with E-state index in [1.165, 1.54) is 0 Å². The van der Waals surface area contributed by atoms with Crippen LogP contribution in [0.2, 0.25) is 0 Å². The Labute approximate surface area is 82.7 Å². The molecule has 0 spiro atoms. The van der Waals surface area contributed by atoms with Crippen LogP contribution in [-0.2, 0) is 21.7 Å². The zero-order valence-corrected chi connectivity index (χ0v) is 8.22. The molecule has 0 heterocycles. The standard InChI is InChI=1S/C4H10O2.2ClH.Ti/c1-2-3-4(5)6;;;/h4-6H,2-3H2,1H3;2*1H;/q;;;+2/p-2. The van der Waals surface area contributed by atoms with Crippen LogP contribution in [0.4, 0.5) is 0 Å². The largest absolute Gasteiger partial charge is 2.00 e. The molecule has 0 bridgehead atoms. The number of aliphatic hydroxyl groups is 2. The molecular formula is C4H10Cl2O2Ti. The second-order valence-electron chi connectivity index (χ2n) is 1.27. The van der Waals surface area contributed by atoms with Crippen molar-refractivity contribution in [3.05, 3.63) is 0 Å². The summed E-state index contributed by atoms with van der Waals surface area (Å²) in [7, 11) is 0. The van der Waals surface area contributed by atoms with Crippen molar-refractivity contribution >= 4 is 0 Å². The molecule has 0 unspecified atom stereocenters. The van der Waals surface area contributed by atoms with Gasteiger partial charge in [-0.1, -0.05) is 13.3 Å². The van der Waals surface area contributed by atoms with Crippen molar-refractivity contribution in [2.24, 2.45) is 0 Å². The third kappa shape index (κ3) is 27.0. The summed E-state index contributed by atoms with van der Waals surface area (Å²) in [5.74, 6) is 0. The maximum absolute atomic E-state index is 8.11. The Morgan fingerprint density at radius 1 is 1.22 bits per heavy atom. The van der Waals surface area contributed by atoms with E-state index >= 15 is 0 Å². The second-order valence-corrected chi connectivity index (χ2v) is 1.27. The van der Waals surface area contributed by atoms with Crippen LogP contribution in [0.1, 0.15) is 19.8 Å². The molecule has 0 saturated carbocycles. The average molecular weight is 209 g/mol. The number of halogens is 2. The number of hydrogen-bond donors (Lipinski definition) is 2. The number of rotatable bonds is 2. The SMILES string of the molecule is CCCC(O)O.[Cl-].[Cl-].[Ti+2]. The molecule has 5 heteroatoms. The molecular weight excluding hydrogens is 199 g/mol. The van der Waals surface area contributed by atoms with E-state index in [0.29, 0.717) is 6.42 Å². The molecule has 0 atom stereocenters. The second kappa shape index (κ2) is 16.1. The summed E-state index contributed by atoms with van der Waals surface area (Å²) in [5.41, 5.74) is 0. The van der Waals surface area contributed by atoms with Gasteiger partial charge in [0, 0.05) is 0 Å². The Balaban J connectivity index is -0.0000000417. The summed E-state index contributed by atoms with van der Waals surface area (Å²) in [6.45, 7) is 1.90. The van der Waals surface area contributed by atoms with Crippen LogP contribution < -0.4 is 24.8 Å². The van der Waals surface area contributed by atoms with E-state index < -0.39 is 6.29 Å². The molecule has 2 nitrogen and oxygen atoms in total. The van der Waals surface area contributed by atoms with E-state index in [1.807, 2.05) is 6.92 Å². The van der Waals surface area contributed by atoms with E-state index in [9.17, 15) is 0 Å². The van der Waals surface area contributed by atoms with Crippen molar-refractivity contribution in [3.63, 3.8) is 0 Å². The fourth-order valence-electron chi connectivity index (χ4n) is 0.258.